The minimum Gasteiger partial charge on any atom is -0.320 e. The summed E-state index contributed by atoms with van der Waals surface area (Å²) < 4.78 is 2.25. The van der Waals surface area contributed by atoms with E-state index in [-0.39, 0.29) is 11.3 Å². The van der Waals surface area contributed by atoms with Gasteiger partial charge >= 0.3 is 0 Å². The summed E-state index contributed by atoms with van der Waals surface area (Å²) in [5.41, 5.74) is 2.72. The van der Waals surface area contributed by atoms with E-state index in [9.17, 15) is 4.79 Å². The molecule has 4 rings (SSSR count). The molecular weight excluding hydrogens is 354 g/mol. The lowest BCUT2D eigenvalue weighted by Gasteiger charge is -2.17. The monoisotopic (exact) mass is 379 g/mol. The lowest BCUT2D eigenvalue weighted by atomic mass is 9.93. The van der Waals surface area contributed by atoms with Crippen LogP contribution < -0.4 is 4.80 Å². The summed E-state index contributed by atoms with van der Waals surface area (Å²) in [5.74, 6) is 0.529. The average Bonchev–Trinajstić information content (AvgIpc) is 3.39. The number of pyridine rings is 1. The minimum absolute atomic E-state index is 0.0419. The maximum atomic E-state index is 13.1. The number of rotatable bonds is 3. The van der Waals surface area contributed by atoms with Gasteiger partial charge in [0.25, 0.3) is 5.91 Å². The molecule has 1 aliphatic carbocycles. The largest absolute Gasteiger partial charge is 0.320 e. The van der Waals surface area contributed by atoms with Crippen molar-refractivity contribution in [1.29, 1.82) is 0 Å². The zero-order chi connectivity index (χ0) is 19.2. The van der Waals surface area contributed by atoms with Gasteiger partial charge in [-0.2, -0.15) is 4.99 Å². The number of hydrogen-bond donors (Lipinski definition) is 0. The fourth-order valence-electron chi connectivity index (χ4n) is 3.47. The first-order valence-corrected chi connectivity index (χ1v) is 10.3. The van der Waals surface area contributed by atoms with E-state index in [4.69, 9.17) is 0 Å². The standard InChI is InChI=1S/C22H25N3OS/c1-14-19(22(2,3)4)27-21(25(14)13-15-9-10-15)24-20(26)17-11-12-23-18-8-6-5-7-16(17)18/h5-8,11-12,15H,9-10,13H2,1-4H3. The number of aromatic nitrogens is 2. The van der Waals surface area contributed by atoms with Crippen molar-refractivity contribution < 1.29 is 4.79 Å². The Morgan fingerprint density at radius 3 is 2.70 bits per heavy atom. The Bertz CT molecular complexity index is 1080. The van der Waals surface area contributed by atoms with E-state index in [0.717, 1.165) is 28.2 Å². The van der Waals surface area contributed by atoms with Crippen LogP contribution in [-0.4, -0.2) is 15.5 Å². The topological polar surface area (TPSA) is 47.2 Å². The van der Waals surface area contributed by atoms with E-state index in [1.54, 1.807) is 23.6 Å². The number of thiazole rings is 1. The van der Waals surface area contributed by atoms with Crippen LogP contribution in [-0.2, 0) is 12.0 Å². The fraction of sp³-hybridized carbons (Fsp3) is 0.409. The summed E-state index contributed by atoms with van der Waals surface area (Å²) in [5, 5.41) is 0.854. The Hall–Kier alpha value is -2.27. The molecular formula is C22H25N3OS. The molecule has 1 fully saturated rings. The van der Waals surface area contributed by atoms with Crippen molar-refractivity contribution in [3.63, 3.8) is 0 Å². The molecule has 0 spiro atoms. The maximum absolute atomic E-state index is 13.1. The van der Waals surface area contributed by atoms with Gasteiger partial charge in [0.2, 0.25) is 0 Å². The lowest BCUT2D eigenvalue weighted by Crippen LogP contribution is -2.20. The van der Waals surface area contributed by atoms with Crippen molar-refractivity contribution in [3.8, 4) is 0 Å². The zero-order valence-corrected chi connectivity index (χ0v) is 17.1. The molecule has 140 valence electrons. The SMILES string of the molecule is Cc1c(C(C)(C)C)sc(=NC(=O)c2ccnc3ccccc23)n1CC1CC1. The van der Waals surface area contributed by atoms with Crippen LogP contribution in [0.25, 0.3) is 10.9 Å². The molecule has 2 heterocycles. The number of carbonyl (C=O) groups excluding carboxylic acids is 1. The number of nitrogens with zero attached hydrogens (tertiary/aromatic N) is 3. The fourth-order valence-corrected chi connectivity index (χ4v) is 4.67. The second-order valence-electron chi connectivity index (χ2n) is 8.40. The Labute approximate surface area is 163 Å². The van der Waals surface area contributed by atoms with E-state index in [0.29, 0.717) is 5.56 Å². The average molecular weight is 380 g/mol. The van der Waals surface area contributed by atoms with Crippen LogP contribution in [0.1, 0.15) is 54.5 Å². The first-order valence-electron chi connectivity index (χ1n) is 9.48. The molecule has 0 saturated heterocycles. The lowest BCUT2D eigenvalue weighted by molar-refractivity contribution is 0.0999. The zero-order valence-electron chi connectivity index (χ0n) is 16.3. The van der Waals surface area contributed by atoms with Gasteiger partial charge in [-0.1, -0.05) is 39.0 Å². The van der Waals surface area contributed by atoms with Gasteiger partial charge in [-0.15, -0.1) is 11.3 Å². The molecule has 1 aromatic carbocycles. The first kappa shape index (κ1) is 18.1. The van der Waals surface area contributed by atoms with Gasteiger partial charge in [0.1, 0.15) is 0 Å². The normalized spacial score (nSPS) is 15.5. The van der Waals surface area contributed by atoms with Gasteiger partial charge in [-0.05, 0) is 43.2 Å². The molecule has 1 aliphatic rings. The highest BCUT2D eigenvalue weighted by Gasteiger charge is 2.27. The Morgan fingerprint density at radius 2 is 2.00 bits per heavy atom. The number of hydrogen-bond acceptors (Lipinski definition) is 3. The van der Waals surface area contributed by atoms with E-state index in [1.165, 1.54) is 23.4 Å². The van der Waals surface area contributed by atoms with Gasteiger partial charge in [0.15, 0.2) is 4.80 Å². The summed E-state index contributed by atoms with van der Waals surface area (Å²) in [6, 6.07) is 9.49. The highest BCUT2D eigenvalue weighted by Crippen LogP contribution is 2.33. The van der Waals surface area contributed by atoms with Crippen LogP contribution in [0.2, 0.25) is 0 Å². The predicted molar refractivity (Wildman–Crippen MR) is 110 cm³/mol. The van der Waals surface area contributed by atoms with Crippen molar-refractivity contribution in [2.24, 2.45) is 10.9 Å². The molecule has 4 nitrogen and oxygen atoms in total. The molecule has 1 saturated carbocycles. The summed E-state index contributed by atoms with van der Waals surface area (Å²) in [6.07, 6.45) is 4.23. The van der Waals surface area contributed by atoms with Crippen molar-refractivity contribution in [1.82, 2.24) is 9.55 Å². The van der Waals surface area contributed by atoms with Crippen LogP contribution in [0.4, 0.5) is 0 Å². The molecule has 5 heteroatoms. The summed E-state index contributed by atoms with van der Waals surface area (Å²) in [7, 11) is 0. The molecule has 0 unspecified atom stereocenters. The highest BCUT2D eigenvalue weighted by atomic mass is 32.1. The Kier molecular flexibility index (Phi) is 4.50. The third-order valence-electron chi connectivity index (χ3n) is 5.05. The number of fused-ring (bicyclic) bond motifs is 1. The van der Waals surface area contributed by atoms with E-state index in [2.05, 4.69) is 42.2 Å². The van der Waals surface area contributed by atoms with Gasteiger partial charge in [0.05, 0.1) is 11.1 Å². The van der Waals surface area contributed by atoms with Crippen LogP contribution >= 0.6 is 11.3 Å². The third kappa shape index (κ3) is 3.61. The number of para-hydroxylation sites is 1. The third-order valence-corrected chi connectivity index (χ3v) is 6.66. The molecule has 0 atom stereocenters. The molecule has 2 aromatic heterocycles. The molecule has 0 aliphatic heterocycles. The second kappa shape index (κ2) is 6.71. The van der Waals surface area contributed by atoms with Crippen LogP contribution in [0.5, 0.6) is 0 Å². The Morgan fingerprint density at radius 1 is 1.26 bits per heavy atom. The van der Waals surface area contributed by atoms with Gasteiger partial charge in [0, 0.05) is 28.7 Å². The Balaban J connectivity index is 1.84. The molecule has 27 heavy (non-hydrogen) atoms. The van der Waals surface area contributed by atoms with Crippen LogP contribution in [0, 0.1) is 12.8 Å². The van der Waals surface area contributed by atoms with Crippen LogP contribution in [0.15, 0.2) is 41.5 Å². The predicted octanol–water partition coefficient (Wildman–Crippen LogP) is 4.85. The molecule has 3 aromatic rings. The number of benzene rings is 1. The molecule has 0 N–H and O–H groups in total. The first-order chi connectivity index (χ1) is 12.8. The van der Waals surface area contributed by atoms with E-state index < -0.39 is 0 Å². The second-order valence-corrected chi connectivity index (χ2v) is 9.37. The quantitative estimate of drug-likeness (QED) is 0.653. The number of carbonyl (C=O) groups is 1. The van der Waals surface area contributed by atoms with E-state index in [1.807, 2.05) is 24.3 Å². The van der Waals surface area contributed by atoms with Crippen LogP contribution in [0.3, 0.4) is 0 Å². The van der Waals surface area contributed by atoms with Gasteiger partial charge in [-0.3, -0.25) is 9.78 Å². The van der Waals surface area contributed by atoms with Crippen molar-refractivity contribution in [3.05, 3.63) is 57.5 Å². The smallest absolute Gasteiger partial charge is 0.280 e. The molecule has 0 bridgehead atoms. The minimum atomic E-state index is -0.195. The van der Waals surface area contributed by atoms with Crippen molar-refractivity contribution in [2.45, 2.75) is 52.5 Å². The van der Waals surface area contributed by atoms with Crippen molar-refractivity contribution in [2.75, 3.05) is 0 Å². The highest BCUT2D eigenvalue weighted by molar-refractivity contribution is 7.09. The summed E-state index contributed by atoms with van der Waals surface area (Å²) in [4.78, 5) is 24.1. The number of amides is 1. The summed E-state index contributed by atoms with van der Waals surface area (Å²) in [6.45, 7) is 9.77. The van der Waals surface area contributed by atoms with Crippen molar-refractivity contribution >= 4 is 28.1 Å². The molecule has 0 radical (unpaired) electrons. The van der Waals surface area contributed by atoms with Gasteiger partial charge < -0.3 is 4.57 Å². The van der Waals surface area contributed by atoms with E-state index >= 15 is 0 Å². The summed E-state index contributed by atoms with van der Waals surface area (Å²) >= 11 is 1.65. The molecule has 1 amide bonds. The maximum Gasteiger partial charge on any atom is 0.280 e. The van der Waals surface area contributed by atoms with Gasteiger partial charge in [-0.25, -0.2) is 0 Å².